The maximum absolute atomic E-state index is 4.71. The Morgan fingerprint density at radius 1 is 0.692 bits per heavy atom. The Hall–Kier alpha value is -0.120. The van der Waals surface area contributed by atoms with Crippen LogP contribution in [0.25, 0.3) is 0 Å². The van der Waals surface area contributed by atoms with Gasteiger partial charge >= 0.3 is 0 Å². The molecule has 0 aromatic rings. The van der Waals surface area contributed by atoms with Gasteiger partial charge in [-0.25, -0.2) is 0 Å². The number of epoxide rings is 3. The fourth-order valence-electron chi connectivity index (χ4n) is 0.289. The van der Waals surface area contributed by atoms with Crippen LogP contribution < -0.4 is 0 Å². The van der Waals surface area contributed by atoms with Crippen LogP contribution in [-0.2, 0) is 14.2 Å². The van der Waals surface area contributed by atoms with Gasteiger partial charge in [-0.3, -0.25) is 0 Å². The standard InChI is InChI=1S/3C3H6O.CH4/c3*1-3-2-4-3;/h3*3H,2H2,1H3;1H4. The summed E-state index contributed by atoms with van der Waals surface area (Å²) in [4.78, 5) is 0. The molecule has 13 heavy (non-hydrogen) atoms. The lowest BCUT2D eigenvalue weighted by Gasteiger charge is -1.51. The highest BCUT2D eigenvalue weighted by Crippen LogP contribution is 2.04. The Labute approximate surface area is 81.4 Å². The maximum atomic E-state index is 4.71. The van der Waals surface area contributed by atoms with Crippen LogP contribution in [0, 0.1) is 0 Å². The first-order chi connectivity index (χ1) is 5.68. The van der Waals surface area contributed by atoms with Crippen LogP contribution in [0.3, 0.4) is 0 Å². The van der Waals surface area contributed by atoms with Crippen LogP contribution in [0.2, 0.25) is 0 Å². The van der Waals surface area contributed by atoms with Gasteiger partial charge < -0.3 is 14.2 Å². The highest BCUT2D eigenvalue weighted by Gasteiger charge is 2.13. The van der Waals surface area contributed by atoms with Gasteiger partial charge in [0.05, 0.1) is 38.1 Å². The zero-order valence-corrected chi connectivity index (χ0v) is 8.08. The van der Waals surface area contributed by atoms with Crippen LogP contribution in [0.15, 0.2) is 0 Å². The third-order valence-corrected chi connectivity index (χ3v) is 1.50. The van der Waals surface area contributed by atoms with E-state index in [-0.39, 0.29) is 7.43 Å². The minimum absolute atomic E-state index is 0. The zero-order valence-electron chi connectivity index (χ0n) is 8.08. The third kappa shape index (κ3) is 14.7. The van der Waals surface area contributed by atoms with Crippen molar-refractivity contribution in [3.8, 4) is 0 Å². The average molecular weight is 190 g/mol. The van der Waals surface area contributed by atoms with Crippen molar-refractivity contribution >= 4 is 0 Å². The lowest BCUT2D eigenvalue weighted by molar-refractivity contribution is 0.423. The molecule has 3 saturated heterocycles. The van der Waals surface area contributed by atoms with E-state index >= 15 is 0 Å². The van der Waals surface area contributed by atoms with Gasteiger partial charge in [-0.2, -0.15) is 0 Å². The summed E-state index contributed by atoms with van der Waals surface area (Å²) in [7, 11) is 0. The predicted octanol–water partition coefficient (Wildman–Crippen LogP) is 1.85. The second-order valence-corrected chi connectivity index (χ2v) is 3.43. The van der Waals surface area contributed by atoms with Gasteiger partial charge in [0, 0.05) is 0 Å². The zero-order chi connectivity index (χ0) is 8.97. The number of hydrogen-bond acceptors (Lipinski definition) is 3. The van der Waals surface area contributed by atoms with E-state index in [1.54, 1.807) is 0 Å². The molecule has 0 radical (unpaired) electrons. The molecule has 3 unspecified atom stereocenters. The van der Waals surface area contributed by atoms with Gasteiger partial charge in [-0.05, 0) is 20.8 Å². The summed E-state index contributed by atoms with van der Waals surface area (Å²) in [6.07, 6.45) is 1.75. The highest BCUT2D eigenvalue weighted by molar-refractivity contribution is 4.58. The van der Waals surface area contributed by atoms with Crippen LogP contribution in [-0.4, -0.2) is 38.1 Å². The smallest absolute Gasteiger partial charge is 0.0781 e. The molecule has 0 N–H and O–H groups in total. The Morgan fingerprint density at radius 3 is 0.769 bits per heavy atom. The van der Waals surface area contributed by atoms with Gasteiger partial charge in [-0.15, -0.1) is 0 Å². The first-order valence-corrected chi connectivity index (χ1v) is 4.53. The van der Waals surface area contributed by atoms with Crippen molar-refractivity contribution in [2.75, 3.05) is 19.8 Å². The van der Waals surface area contributed by atoms with E-state index in [0.717, 1.165) is 19.8 Å². The Balaban J connectivity index is 0.000000160. The number of rotatable bonds is 0. The minimum Gasteiger partial charge on any atom is -0.373 e. The molecule has 80 valence electrons. The van der Waals surface area contributed by atoms with E-state index < -0.39 is 0 Å². The highest BCUT2D eigenvalue weighted by atomic mass is 16.6. The average Bonchev–Trinajstić information content (AvgIpc) is 2.63. The van der Waals surface area contributed by atoms with E-state index in [1.165, 1.54) is 0 Å². The molecule has 3 heterocycles. The molecular weight excluding hydrogens is 168 g/mol. The topological polar surface area (TPSA) is 37.6 Å². The van der Waals surface area contributed by atoms with Gasteiger partial charge in [0.15, 0.2) is 0 Å². The van der Waals surface area contributed by atoms with E-state index in [2.05, 4.69) is 20.8 Å². The fourth-order valence-corrected chi connectivity index (χ4v) is 0.289. The molecular formula is C10H22O3. The van der Waals surface area contributed by atoms with Crippen molar-refractivity contribution < 1.29 is 14.2 Å². The van der Waals surface area contributed by atoms with Crippen molar-refractivity contribution in [3.05, 3.63) is 0 Å². The Kier molecular flexibility index (Phi) is 6.29. The fraction of sp³-hybridized carbons (Fsp3) is 1.00. The normalized spacial score (nSPS) is 36.7. The summed E-state index contributed by atoms with van der Waals surface area (Å²) >= 11 is 0. The van der Waals surface area contributed by atoms with Gasteiger partial charge in [0.2, 0.25) is 0 Å². The second kappa shape index (κ2) is 6.35. The molecule has 0 amide bonds. The molecule has 0 spiro atoms. The van der Waals surface area contributed by atoms with E-state index in [4.69, 9.17) is 14.2 Å². The summed E-state index contributed by atoms with van der Waals surface area (Å²) in [5.41, 5.74) is 0. The molecule has 0 bridgehead atoms. The summed E-state index contributed by atoms with van der Waals surface area (Å²) in [6.45, 7) is 9.12. The largest absolute Gasteiger partial charge is 0.373 e. The van der Waals surface area contributed by atoms with Crippen LogP contribution in [0.1, 0.15) is 28.2 Å². The molecule has 3 aliphatic heterocycles. The third-order valence-electron chi connectivity index (χ3n) is 1.50. The molecule has 3 nitrogen and oxygen atoms in total. The van der Waals surface area contributed by atoms with Crippen molar-refractivity contribution in [3.63, 3.8) is 0 Å². The molecule has 0 aromatic carbocycles. The Bertz CT molecular complexity index is 91.6. The van der Waals surface area contributed by atoms with Crippen LogP contribution in [0.4, 0.5) is 0 Å². The Morgan fingerprint density at radius 2 is 0.769 bits per heavy atom. The SMILES string of the molecule is C.CC1CO1.CC1CO1.CC1CO1. The summed E-state index contributed by atoms with van der Waals surface area (Å²) in [5, 5.41) is 0. The monoisotopic (exact) mass is 190 g/mol. The molecule has 0 saturated carbocycles. The van der Waals surface area contributed by atoms with Crippen molar-refractivity contribution in [1.82, 2.24) is 0 Å². The first kappa shape index (κ1) is 12.9. The van der Waals surface area contributed by atoms with Crippen molar-refractivity contribution in [1.29, 1.82) is 0 Å². The minimum atomic E-state index is 0. The van der Waals surface area contributed by atoms with Gasteiger partial charge in [0.25, 0.3) is 0 Å². The molecule has 3 atom stereocenters. The lowest BCUT2D eigenvalue weighted by atomic mass is 10.6. The molecule has 3 fully saturated rings. The molecule has 3 heteroatoms. The molecule has 3 rings (SSSR count). The van der Waals surface area contributed by atoms with Gasteiger partial charge in [0.1, 0.15) is 0 Å². The van der Waals surface area contributed by atoms with Crippen molar-refractivity contribution in [2.24, 2.45) is 0 Å². The number of ether oxygens (including phenoxy) is 3. The quantitative estimate of drug-likeness (QED) is 0.547. The molecule has 0 aliphatic carbocycles. The molecule has 3 aliphatic rings. The lowest BCUT2D eigenvalue weighted by Crippen LogP contribution is -1.60. The first-order valence-electron chi connectivity index (χ1n) is 4.53. The summed E-state index contributed by atoms with van der Waals surface area (Å²) < 4.78 is 14.1. The number of hydrogen-bond donors (Lipinski definition) is 0. The van der Waals surface area contributed by atoms with Crippen LogP contribution >= 0.6 is 0 Å². The summed E-state index contributed by atoms with van der Waals surface area (Å²) in [5.74, 6) is 0. The van der Waals surface area contributed by atoms with E-state index in [9.17, 15) is 0 Å². The van der Waals surface area contributed by atoms with E-state index in [0.29, 0.717) is 18.3 Å². The van der Waals surface area contributed by atoms with E-state index in [1.807, 2.05) is 0 Å². The molecule has 0 aromatic heterocycles. The second-order valence-electron chi connectivity index (χ2n) is 3.43. The van der Waals surface area contributed by atoms with Crippen LogP contribution in [0.5, 0.6) is 0 Å². The predicted molar refractivity (Wildman–Crippen MR) is 53.0 cm³/mol. The summed E-state index contributed by atoms with van der Waals surface area (Å²) in [6, 6.07) is 0. The van der Waals surface area contributed by atoms with Crippen molar-refractivity contribution in [2.45, 2.75) is 46.5 Å². The van der Waals surface area contributed by atoms with Gasteiger partial charge in [-0.1, -0.05) is 7.43 Å². The maximum Gasteiger partial charge on any atom is 0.0781 e.